The molecule has 9 heteroatoms. The average molecular weight is 498 g/mol. The van der Waals surface area contributed by atoms with E-state index in [9.17, 15) is 18.0 Å². The van der Waals surface area contributed by atoms with Gasteiger partial charge in [0.25, 0.3) is 5.56 Å². The second-order valence-corrected chi connectivity index (χ2v) is 8.04. The third kappa shape index (κ3) is 4.65. The Morgan fingerprint density at radius 3 is 2.51 bits per heavy atom. The van der Waals surface area contributed by atoms with E-state index < -0.39 is 17.3 Å². The maximum absolute atomic E-state index is 13.5. The van der Waals surface area contributed by atoms with Gasteiger partial charge in [-0.05, 0) is 41.1 Å². The molecule has 0 aliphatic rings. The quantitative estimate of drug-likeness (QED) is 0.278. The molecule has 0 aliphatic carbocycles. The van der Waals surface area contributed by atoms with Crippen molar-refractivity contribution in [1.29, 1.82) is 5.26 Å². The summed E-state index contributed by atoms with van der Waals surface area (Å²) < 4.78 is 46.8. The zero-order valence-corrected chi connectivity index (χ0v) is 19.1. The number of nitriles is 1. The Balaban J connectivity index is 1.75. The highest BCUT2D eigenvalue weighted by Gasteiger charge is 2.31. The molecule has 5 aromatic rings. The minimum Gasteiger partial charge on any atom is -0.478 e. The van der Waals surface area contributed by atoms with E-state index in [2.05, 4.69) is 10.1 Å². The van der Waals surface area contributed by atoms with Crippen LogP contribution in [0.5, 0.6) is 5.75 Å². The number of benzene rings is 4. The van der Waals surface area contributed by atoms with E-state index in [1.807, 2.05) is 36.4 Å². The first-order chi connectivity index (χ1) is 17.9. The van der Waals surface area contributed by atoms with Crippen LogP contribution in [0.2, 0.25) is 0 Å². The molecular formula is C28H17F3N4O2. The predicted molar refractivity (Wildman–Crippen MR) is 134 cm³/mol. The monoisotopic (exact) mass is 498 g/mol. The van der Waals surface area contributed by atoms with Crippen molar-refractivity contribution in [1.82, 2.24) is 9.66 Å². The van der Waals surface area contributed by atoms with Gasteiger partial charge in [0, 0.05) is 11.1 Å². The molecule has 0 amide bonds. The molecule has 5 rings (SSSR count). The number of aromatic nitrogens is 2. The van der Waals surface area contributed by atoms with E-state index in [1.54, 1.807) is 30.3 Å². The van der Waals surface area contributed by atoms with E-state index in [1.165, 1.54) is 18.3 Å². The molecule has 1 heterocycles. The first kappa shape index (κ1) is 23.8. The molecule has 0 N–H and O–H groups in total. The molecule has 37 heavy (non-hydrogen) atoms. The van der Waals surface area contributed by atoms with Crippen LogP contribution >= 0.6 is 0 Å². The van der Waals surface area contributed by atoms with Crippen molar-refractivity contribution >= 4 is 27.9 Å². The Hall–Kier alpha value is -4.97. The second-order valence-electron chi connectivity index (χ2n) is 8.04. The first-order valence-corrected chi connectivity index (χ1v) is 11.1. The van der Waals surface area contributed by atoms with Crippen molar-refractivity contribution < 1.29 is 17.9 Å². The van der Waals surface area contributed by atoms with E-state index in [0.29, 0.717) is 16.8 Å². The van der Waals surface area contributed by atoms with Crippen LogP contribution in [-0.4, -0.2) is 22.5 Å². The predicted octanol–water partition coefficient (Wildman–Crippen LogP) is 6.02. The van der Waals surface area contributed by atoms with Crippen molar-refractivity contribution in [2.45, 2.75) is 6.18 Å². The highest BCUT2D eigenvalue weighted by atomic mass is 19.4. The molecule has 0 fully saturated rings. The third-order valence-corrected chi connectivity index (χ3v) is 5.73. The van der Waals surface area contributed by atoms with Gasteiger partial charge in [0.05, 0.1) is 22.7 Å². The van der Waals surface area contributed by atoms with Gasteiger partial charge in [-0.1, -0.05) is 54.6 Å². The maximum atomic E-state index is 13.5. The standard InChI is InChI=1S/C28H17F3N4O2/c29-28(30,31)20-8-5-7-19(16-20)26-34-24-11-4-3-10-22(24)27(36)35(26)33-17-23-21-9-2-1-6-18(21)12-13-25(23)37-15-14-32/h1-13,16-17H,15H2. The first-order valence-electron chi connectivity index (χ1n) is 11.1. The Labute approximate surface area is 208 Å². The van der Waals surface area contributed by atoms with Crippen molar-refractivity contribution in [3.63, 3.8) is 0 Å². The zero-order chi connectivity index (χ0) is 26.0. The number of fused-ring (bicyclic) bond motifs is 2. The molecule has 0 unspecified atom stereocenters. The summed E-state index contributed by atoms with van der Waals surface area (Å²) in [6, 6.07) is 24.0. The molecular weight excluding hydrogens is 481 g/mol. The highest BCUT2D eigenvalue weighted by molar-refractivity contribution is 6.02. The molecule has 0 radical (unpaired) electrons. The van der Waals surface area contributed by atoms with Crippen LogP contribution in [0.25, 0.3) is 33.1 Å². The van der Waals surface area contributed by atoms with Crippen LogP contribution in [0.3, 0.4) is 0 Å². The molecule has 0 saturated carbocycles. The number of halogens is 3. The lowest BCUT2D eigenvalue weighted by Gasteiger charge is -2.13. The maximum Gasteiger partial charge on any atom is 0.416 e. The molecule has 0 atom stereocenters. The van der Waals surface area contributed by atoms with Gasteiger partial charge in [-0.3, -0.25) is 4.79 Å². The Bertz CT molecular complexity index is 1770. The summed E-state index contributed by atoms with van der Waals surface area (Å²) in [4.78, 5) is 17.9. The SMILES string of the molecule is N#CCOc1ccc2ccccc2c1C=Nn1c(-c2cccc(C(F)(F)F)c2)nc2ccccc2c1=O. The Morgan fingerprint density at radius 1 is 0.973 bits per heavy atom. The summed E-state index contributed by atoms with van der Waals surface area (Å²) in [5.41, 5.74) is -0.509. The number of rotatable bonds is 5. The van der Waals surface area contributed by atoms with Crippen LogP contribution < -0.4 is 10.3 Å². The van der Waals surface area contributed by atoms with Crippen LogP contribution in [0, 0.1) is 11.3 Å². The van der Waals surface area contributed by atoms with Gasteiger partial charge in [-0.15, -0.1) is 0 Å². The van der Waals surface area contributed by atoms with Crippen LogP contribution in [-0.2, 0) is 6.18 Å². The summed E-state index contributed by atoms with van der Waals surface area (Å²) in [5, 5.41) is 15.2. The Kier molecular flexibility index (Phi) is 6.15. The highest BCUT2D eigenvalue weighted by Crippen LogP contribution is 2.32. The van der Waals surface area contributed by atoms with Crippen molar-refractivity contribution in [2.24, 2.45) is 5.10 Å². The minimum absolute atomic E-state index is 0.0502. The fourth-order valence-corrected chi connectivity index (χ4v) is 4.01. The van der Waals surface area contributed by atoms with E-state index in [4.69, 9.17) is 10.00 Å². The fraction of sp³-hybridized carbons (Fsp3) is 0.0714. The number of para-hydroxylation sites is 1. The van der Waals surface area contributed by atoms with Crippen molar-refractivity contribution in [3.8, 4) is 23.2 Å². The molecule has 182 valence electrons. The topological polar surface area (TPSA) is 80.3 Å². The normalized spacial score (nSPS) is 11.7. The number of nitrogens with zero attached hydrogens (tertiary/aromatic N) is 4. The van der Waals surface area contributed by atoms with E-state index in [-0.39, 0.29) is 23.4 Å². The van der Waals surface area contributed by atoms with Gasteiger partial charge in [0.15, 0.2) is 12.4 Å². The Morgan fingerprint density at radius 2 is 1.73 bits per heavy atom. The fourth-order valence-electron chi connectivity index (χ4n) is 4.01. The summed E-state index contributed by atoms with van der Waals surface area (Å²) in [5.74, 6) is 0.317. The van der Waals surface area contributed by atoms with Crippen LogP contribution in [0.1, 0.15) is 11.1 Å². The average Bonchev–Trinajstić information content (AvgIpc) is 2.91. The van der Waals surface area contributed by atoms with Gasteiger partial charge < -0.3 is 4.74 Å². The second kappa shape index (κ2) is 9.59. The minimum atomic E-state index is -4.57. The van der Waals surface area contributed by atoms with Crippen molar-refractivity contribution in [2.75, 3.05) is 6.61 Å². The smallest absolute Gasteiger partial charge is 0.416 e. The number of hydrogen-bond acceptors (Lipinski definition) is 5. The van der Waals surface area contributed by atoms with Gasteiger partial charge >= 0.3 is 6.18 Å². The van der Waals surface area contributed by atoms with E-state index in [0.717, 1.165) is 27.6 Å². The molecule has 0 saturated heterocycles. The number of alkyl halides is 3. The van der Waals surface area contributed by atoms with Gasteiger partial charge in [0.1, 0.15) is 11.8 Å². The lowest BCUT2D eigenvalue weighted by molar-refractivity contribution is -0.137. The van der Waals surface area contributed by atoms with Gasteiger partial charge in [-0.25, -0.2) is 4.98 Å². The molecule has 0 spiro atoms. The van der Waals surface area contributed by atoms with Crippen LogP contribution in [0.15, 0.2) is 94.8 Å². The van der Waals surface area contributed by atoms with E-state index >= 15 is 0 Å². The summed E-state index contributed by atoms with van der Waals surface area (Å²) in [7, 11) is 0. The molecule has 1 aromatic heterocycles. The molecule has 6 nitrogen and oxygen atoms in total. The van der Waals surface area contributed by atoms with Crippen molar-refractivity contribution in [3.05, 3.63) is 106 Å². The summed E-state index contributed by atoms with van der Waals surface area (Å²) in [6.45, 7) is -0.202. The lowest BCUT2D eigenvalue weighted by Crippen LogP contribution is -2.20. The van der Waals surface area contributed by atoms with Crippen LogP contribution in [0.4, 0.5) is 13.2 Å². The van der Waals surface area contributed by atoms with Gasteiger partial charge in [0.2, 0.25) is 0 Å². The third-order valence-electron chi connectivity index (χ3n) is 5.73. The number of hydrogen-bond donors (Lipinski definition) is 0. The lowest BCUT2D eigenvalue weighted by atomic mass is 10.0. The largest absolute Gasteiger partial charge is 0.478 e. The molecule has 4 aromatic carbocycles. The molecule has 0 aliphatic heterocycles. The molecule has 0 bridgehead atoms. The zero-order valence-electron chi connectivity index (χ0n) is 19.1. The van der Waals surface area contributed by atoms with Gasteiger partial charge in [-0.2, -0.15) is 28.2 Å². The summed E-state index contributed by atoms with van der Waals surface area (Å²) in [6.07, 6.45) is -3.18. The summed E-state index contributed by atoms with van der Waals surface area (Å²) >= 11 is 0. The number of ether oxygens (including phenoxy) is 1.